The van der Waals surface area contributed by atoms with Crippen molar-refractivity contribution in [1.29, 1.82) is 0 Å². The van der Waals surface area contributed by atoms with Crippen molar-refractivity contribution in [2.75, 3.05) is 24.6 Å². The van der Waals surface area contributed by atoms with Gasteiger partial charge in [0.15, 0.2) is 0 Å². The molecular weight excluding hydrogens is 449 g/mol. The molecule has 2 N–H and O–H groups in total. The molecule has 7 nitrogen and oxygen atoms in total. The summed E-state index contributed by atoms with van der Waals surface area (Å²) in [5.41, 5.74) is 0.248. The molecule has 0 bridgehead atoms. The van der Waals surface area contributed by atoms with Crippen LogP contribution in [0.25, 0.3) is 0 Å². The monoisotopic (exact) mass is 478 g/mol. The van der Waals surface area contributed by atoms with Crippen molar-refractivity contribution in [3.8, 4) is 0 Å². The fourth-order valence-electron chi connectivity index (χ4n) is 3.97. The van der Waals surface area contributed by atoms with E-state index < -0.39 is 11.9 Å². The number of aliphatic hydroxyl groups is 1. The maximum Gasteiger partial charge on any atom is 0.433 e. The van der Waals surface area contributed by atoms with Crippen LogP contribution in [-0.4, -0.2) is 53.0 Å². The molecule has 2 heterocycles. The van der Waals surface area contributed by atoms with E-state index in [9.17, 15) is 27.9 Å². The molecule has 1 atom stereocenters. The quantitative estimate of drug-likeness (QED) is 0.539. The van der Waals surface area contributed by atoms with E-state index in [0.29, 0.717) is 51.0 Å². The van der Waals surface area contributed by atoms with E-state index in [1.807, 2.05) is 13.0 Å². The van der Waals surface area contributed by atoms with Crippen molar-refractivity contribution in [2.45, 2.75) is 44.9 Å². The number of hydrogen-bond acceptors (Lipinski definition) is 5. The number of aliphatic hydroxyl groups excluding tert-OH is 1. The topological polar surface area (TPSA) is 85.8 Å². The Kier molecular flexibility index (Phi) is 8.62. The maximum atomic E-state index is 13.0. The minimum Gasteiger partial charge on any atom is -0.394 e. The largest absolute Gasteiger partial charge is 0.433 e. The van der Waals surface area contributed by atoms with Crippen molar-refractivity contribution in [2.24, 2.45) is 5.92 Å². The van der Waals surface area contributed by atoms with Crippen LogP contribution < -0.4 is 10.2 Å². The van der Waals surface area contributed by atoms with E-state index in [0.717, 1.165) is 16.5 Å². The number of carbonyl (C=O) groups excluding carboxylic acids is 2. The second-order valence-electron chi connectivity index (χ2n) is 8.37. The second-order valence-corrected chi connectivity index (χ2v) is 8.37. The van der Waals surface area contributed by atoms with Gasteiger partial charge in [-0.1, -0.05) is 25.1 Å². The molecule has 2 aromatic rings. The van der Waals surface area contributed by atoms with Gasteiger partial charge in [-0.3, -0.25) is 19.4 Å². The zero-order valence-electron chi connectivity index (χ0n) is 19.0. The fourth-order valence-corrected chi connectivity index (χ4v) is 3.97. The molecule has 0 radical (unpaired) electrons. The molecule has 1 aliphatic heterocycles. The highest BCUT2D eigenvalue weighted by Gasteiger charge is 2.33. The molecule has 1 aromatic carbocycles. The second kappa shape index (κ2) is 11.4. The third-order valence-corrected chi connectivity index (χ3v) is 5.99. The number of nitrogens with zero attached hydrogens (tertiary/aromatic N) is 3. The SMILES string of the molecule is CCC(CO)NC(=O)C1CCN(Cc2cccc(N(C=O)c3cccc(C(F)(F)F)n3)c2)CC1. The van der Waals surface area contributed by atoms with Gasteiger partial charge in [-0.25, -0.2) is 4.98 Å². The first-order valence-corrected chi connectivity index (χ1v) is 11.3. The number of alkyl halides is 3. The molecule has 0 aliphatic carbocycles. The highest BCUT2D eigenvalue weighted by Crippen LogP contribution is 2.31. The van der Waals surface area contributed by atoms with E-state index in [2.05, 4.69) is 15.2 Å². The molecule has 10 heteroatoms. The first-order valence-electron chi connectivity index (χ1n) is 11.3. The van der Waals surface area contributed by atoms with Crippen LogP contribution in [-0.2, 0) is 22.3 Å². The molecule has 1 saturated heterocycles. The smallest absolute Gasteiger partial charge is 0.394 e. The molecule has 34 heavy (non-hydrogen) atoms. The lowest BCUT2D eigenvalue weighted by Crippen LogP contribution is -2.44. The number of piperidine rings is 1. The number of halogens is 3. The molecule has 2 amide bonds. The number of anilines is 2. The van der Waals surface area contributed by atoms with Crippen molar-refractivity contribution in [3.05, 3.63) is 53.7 Å². The number of amides is 2. The van der Waals surface area contributed by atoms with E-state index >= 15 is 0 Å². The molecular formula is C24H29F3N4O3. The predicted octanol–water partition coefficient (Wildman–Crippen LogP) is 3.49. The number of pyridine rings is 1. The van der Waals surface area contributed by atoms with Gasteiger partial charge in [-0.05, 0) is 62.2 Å². The molecule has 3 rings (SSSR count). The lowest BCUT2D eigenvalue weighted by atomic mass is 9.95. The van der Waals surface area contributed by atoms with Crippen LogP contribution in [0.1, 0.15) is 37.4 Å². The molecule has 1 fully saturated rings. The van der Waals surface area contributed by atoms with Crippen LogP contribution in [0.5, 0.6) is 0 Å². The summed E-state index contributed by atoms with van der Waals surface area (Å²) in [6, 6.07) is 10.2. The van der Waals surface area contributed by atoms with Crippen LogP contribution in [0.4, 0.5) is 24.7 Å². The van der Waals surface area contributed by atoms with Gasteiger partial charge in [0.1, 0.15) is 11.5 Å². The summed E-state index contributed by atoms with van der Waals surface area (Å²) in [5, 5.41) is 12.2. The Balaban J connectivity index is 1.64. The Morgan fingerprint density at radius 3 is 2.59 bits per heavy atom. The molecule has 1 unspecified atom stereocenters. The van der Waals surface area contributed by atoms with Gasteiger partial charge in [0.2, 0.25) is 12.3 Å². The number of nitrogens with one attached hydrogen (secondary N) is 1. The molecule has 0 saturated carbocycles. The standard InChI is InChI=1S/C24H29F3N4O3/c1-2-19(15-32)28-23(34)18-9-11-30(12-10-18)14-17-5-3-6-20(13-17)31(16-33)22-8-4-7-21(29-22)24(25,26)27/h3-8,13,16,18-19,32H,2,9-12,14-15H2,1H3,(H,28,34). The number of likely N-dealkylation sites (tertiary alicyclic amines) is 1. The summed E-state index contributed by atoms with van der Waals surface area (Å²) in [7, 11) is 0. The summed E-state index contributed by atoms with van der Waals surface area (Å²) >= 11 is 0. The summed E-state index contributed by atoms with van der Waals surface area (Å²) in [5.74, 6) is -0.236. The van der Waals surface area contributed by atoms with Crippen LogP contribution >= 0.6 is 0 Å². The van der Waals surface area contributed by atoms with Crippen LogP contribution in [0.15, 0.2) is 42.5 Å². The zero-order valence-corrected chi connectivity index (χ0v) is 19.0. The lowest BCUT2D eigenvalue weighted by Gasteiger charge is -2.32. The predicted molar refractivity (Wildman–Crippen MR) is 121 cm³/mol. The molecule has 1 aromatic heterocycles. The fraction of sp³-hybridized carbons (Fsp3) is 0.458. The number of benzene rings is 1. The summed E-state index contributed by atoms with van der Waals surface area (Å²) < 4.78 is 39.1. The molecule has 184 valence electrons. The van der Waals surface area contributed by atoms with Gasteiger partial charge in [0, 0.05) is 12.5 Å². The van der Waals surface area contributed by atoms with Crippen molar-refractivity contribution >= 4 is 23.8 Å². The molecule has 0 spiro atoms. The average Bonchev–Trinajstić information content (AvgIpc) is 2.83. The van der Waals surface area contributed by atoms with Crippen LogP contribution in [0, 0.1) is 5.92 Å². The number of rotatable bonds is 9. The van der Waals surface area contributed by atoms with Gasteiger partial charge < -0.3 is 10.4 Å². The number of hydrogen-bond donors (Lipinski definition) is 2. The van der Waals surface area contributed by atoms with Gasteiger partial charge in [-0.2, -0.15) is 13.2 Å². The molecule has 1 aliphatic rings. The number of aromatic nitrogens is 1. The minimum atomic E-state index is -4.61. The van der Waals surface area contributed by atoms with Crippen LogP contribution in [0.3, 0.4) is 0 Å². The third kappa shape index (κ3) is 6.54. The highest BCUT2D eigenvalue weighted by molar-refractivity contribution is 5.85. The van der Waals surface area contributed by atoms with Crippen molar-refractivity contribution < 1.29 is 27.9 Å². The van der Waals surface area contributed by atoms with Gasteiger partial charge >= 0.3 is 6.18 Å². The van der Waals surface area contributed by atoms with E-state index in [-0.39, 0.29) is 30.3 Å². The van der Waals surface area contributed by atoms with Crippen molar-refractivity contribution in [1.82, 2.24) is 15.2 Å². The van der Waals surface area contributed by atoms with E-state index in [1.165, 1.54) is 12.1 Å². The van der Waals surface area contributed by atoms with E-state index in [1.54, 1.807) is 18.2 Å². The first kappa shape index (κ1) is 25.6. The summed E-state index contributed by atoms with van der Waals surface area (Å²) in [6.45, 7) is 3.84. The van der Waals surface area contributed by atoms with Crippen molar-refractivity contribution in [3.63, 3.8) is 0 Å². The normalized spacial score (nSPS) is 16.1. The highest BCUT2D eigenvalue weighted by atomic mass is 19.4. The Hall–Kier alpha value is -2.98. The minimum absolute atomic E-state index is 0.0299. The average molecular weight is 479 g/mol. The maximum absolute atomic E-state index is 13.0. The van der Waals surface area contributed by atoms with Gasteiger partial charge in [0.25, 0.3) is 0 Å². The summed E-state index contributed by atoms with van der Waals surface area (Å²) in [4.78, 5) is 31.0. The van der Waals surface area contributed by atoms with Gasteiger partial charge in [0.05, 0.1) is 18.3 Å². The first-order chi connectivity index (χ1) is 16.2. The zero-order chi connectivity index (χ0) is 24.7. The van der Waals surface area contributed by atoms with Crippen LogP contribution in [0.2, 0.25) is 0 Å². The van der Waals surface area contributed by atoms with E-state index in [4.69, 9.17) is 0 Å². The summed E-state index contributed by atoms with van der Waals surface area (Å²) in [6.07, 6.45) is -2.10. The Morgan fingerprint density at radius 1 is 1.26 bits per heavy atom. The van der Waals surface area contributed by atoms with Gasteiger partial charge in [-0.15, -0.1) is 0 Å². The lowest BCUT2D eigenvalue weighted by molar-refractivity contribution is -0.141. The Bertz CT molecular complexity index is 974. The number of carbonyl (C=O) groups is 2. The Labute approximate surface area is 196 Å². The Morgan fingerprint density at radius 2 is 1.97 bits per heavy atom. The third-order valence-electron chi connectivity index (χ3n) is 5.99.